The van der Waals surface area contributed by atoms with Crippen LogP contribution >= 0.6 is 0 Å². The second-order valence-corrected chi connectivity index (χ2v) is 13.1. The molecule has 4 atom stereocenters. The van der Waals surface area contributed by atoms with Crippen molar-refractivity contribution in [3.63, 3.8) is 0 Å². The van der Waals surface area contributed by atoms with Gasteiger partial charge in [-0.25, -0.2) is 0 Å². The van der Waals surface area contributed by atoms with Gasteiger partial charge in [-0.05, 0) is 86.3 Å². The number of amides is 1. The van der Waals surface area contributed by atoms with E-state index in [0.717, 1.165) is 72.1 Å². The van der Waals surface area contributed by atoms with Crippen LogP contribution in [0.2, 0.25) is 0 Å². The molecule has 2 saturated carbocycles. The first kappa shape index (κ1) is 34.9. The van der Waals surface area contributed by atoms with Gasteiger partial charge in [-0.3, -0.25) is 9.78 Å². The molecule has 0 spiro atoms. The first-order chi connectivity index (χ1) is 22.6. The molecule has 0 radical (unpaired) electrons. The molecule has 1 amide bonds. The maximum Gasteiger partial charge on any atom is 0.222 e. The van der Waals surface area contributed by atoms with Crippen molar-refractivity contribution in [2.24, 2.45) is 0 Å². The second kappa shape index (κ2) is 15.7. The molecule has 2 aromatic carbocycles. The van der Waals surface area contributed by atoms with Crippen LogP contribution in [0.5, 0.6) is 5.75 Å². The number of aromatic nitrogens is 1. The third-order valence-electron chi connectivity index (χ3n) is 9.25. The number of para-hydroxylation sites is 1. The average molecular weight is 649 g/mol. The molecule has 254 valence electrons. The van der Waals surface area contributed by atoms with Gasteiger partial charge in [0.1, 0.15) is 30.2 Å². The second-order valence-electron chi connectivity index (χ2n) is 13.1. The summed E-state index contributed by atoms with van der Waals surface area (Å²) in [5.41, 5.74) is 6.34. The summed E-state index contributed by atoms with van der Waals surface area (Å²) in [6.45, 7) is 1.61. The maximum absolute atomic E-state index is 12.6. The molecular weight excluding hydrogens is 600 g/mol. The monoisotopic (exact) mass is 648 g/mol. The van der Waals surface area contributed by atoms with Gasteiger partial charge in [0.25, 0.3) is 0 Å². The van der Waals surface area contributed by atoms with Crippen LogP contribution in [0.3, 0.4) is 0 Å². The number of aliphatic hydroxyl groups is 5. The topological polar surface area (TPSA) is 153 Å². The Morgan fingerprint density at radius 3 is 2.47 bits per heavy atom. The summed E-state index contributed by atoms with van der Waals surface area (Å²) in [5.74, 6) is 0.707. The number of unbranched alkanes of at least 4 members (excludes halogenated alkanes) is 1. The molecule has 2 aliphatic carbocycles. The Bertz CT molecular complexity index is 1490. The summed E-state index contributed by atoms with van der Waals surface area (Å²) in [4.78, 5) is 18.4. The number of hydrogen-bond donors (Lipinski definition) is 5. The highest BCUT2D eigenvalue weighted by Gasteiger charge is 2.47. The highest BCUT2D eigenvalue weighted by molar-refractivity contribution is 5.76. The molecule has 3 aromatic rings. The number of hydrogen-bond acceptors (Lipinski definition) is 9. The zero-order valence-corrected chi connectivity index (χ0v) is 27.3. The minimum atomic E-state index is -1.72. The van der Waals surface area contributed by atoms with Gasteiger partial charge in [0.2, 0.25) is 5.91 Å². The molecule has 0 saturated heterocycles. The van der Waals surface area contributed by atoms with Gasteiger partial charge in [0.15, 0.2) is 0 Å². The zero-order valence-electron chi connectivity index (χ0n) is 27.3. The van der Waals surface area contributed by atoms with E-state index in [2.05, 4.69) is 42.2 Å². The number of aryl methyl sites for hydroxylation is 2. The van der Waals surface area contributed by atoms with Gasteiger partial charge in [0.05, 0.1) is 24.9 Å². The number of nitrogens with zero attached hydrogens (tertiary/aromatic N) is 2. The highest BCUT2D eigenvalue weighted by atomic mass is 16.5. The lowest BCUT2D eigenvalue weighted by atomic mass is 9.96. The number of carbonyl (C=O) groups is 1. The van der Waals surface area contributed by atoms with Crippen molar-refractivity contribution in [3.05, 3.63) is 83.2 Å². The number of ether oxygens (including phenoxy) is 2. The molecule has 1 aromatic heterocycles. The smallest absolute Gasteiger partial charge is 0.222 e. The lowest BCUT2D eigenvalue weighted by Gasteiger charge is -2.28. The fourth-order valence-corrected chi connectivity index (χ4v) is 5.86. The Labute approximate surface area is 276 Å². The van der Waals surface area contributed by atoms with Crippen molar-refractivity contribution in [2.75, 3.05) is 20.2 Å². The molecule has 0 bridgehead atoms. The molecule has 10 heteroatoms. The van der Waals surface area contributed by atoms with E-state index in [-0.39, 0.29) is 24.5 Å². The van der Waals surface area contributed by atoms with E-state index in [4.69, 9.17) is 14.6 Å². The van der Waals surface area contributed by atoms with E-state index in [9.17, 15) is 25.2 Å². The van der Waals surface area contributed by atoms with Gasteiger partial charge in [-0.15, -0.1) is 0 Å². The summed E-state index contributed by atoms with van der Waals surface area (Å²) >= 11 is 0. The Morgan fingerprint density at radius 2 is 1.74 bits per heavy atom. The Hall–Kier alpha value is -3.38. The fraction of sp³-hybridized carbons (Fsp3) is 0.514. The van der Waals surface area contributed by atoms with Crippen LogP contribution < -0.4 is 4.74 Å². The summed E-state index contributed by atoms with van der Waals surface area (Å²) in [5, 5.41) is 48.4. The third-order valence-corrected chi connectivity index (χ3v) is 9.25. The lowest BCUT2D eigenvalue weighted by Crippen LogP contribution is -2.49. The van der Waals surface area contributed by atoms with Crippen LogP contribution in [0, 0.1) is 6.92 Å². The van der Waals surface area contributed by atoms with Crippen LogP contribution in [0.15, 0.2) is 60.9 Å². The van der Waals surface area contributed by atoms with Crippen molar-refractivity contribution in [2.45, 2.75) is 101 Å². The summed E-state index contributed by atoms with van der Waals surface area (Å²) in [7, 11) is 1.52. The number of pyridine rings is 1. The molecule has 47 heavy (non-hydrogen) atoms. The zero-order chi connectivity index (χ0) is 33.6. The SMILES string of the molecule is Cc1ccc(CCCCC(=O)N(C)C[C@@H](O)[C@H](O)[C@@H](O)[C@@H](O)CO)cc1COC1(c2cnccc2-c2ccccc2OC2CC2)CC1. The molecular formula is C37H48N2O8. The molecule has 10 nitrogen and oxygen atoms in total. The molecule has 5 N–H and O–H groups in total. The van der Waals surface area contributed by atoms with Crippen LogP contribution in [0.25, 0.3) is 11.1 Å². The van der Waals surface area contributed by atoms with Crippen LogP contribution in [-0.2, 0) is 28.2 Å². The van der Waals surface area contributed by atoms with Crippen LogP contribution in [0.1, 0.15) is 67.2 Å². The molecule has 2 aliphatic rings. The third kappa shape index (κ3) is 8.95. The average Bonchev–Trinajstić information content (AvgIpc) is 4.03. The van der Waals surface area contributed by atoms with E-state index in [1.54, 1.807) is 0 Å². The molecule has 1 heterocycles. The van der Waals surface area contributed by atoms with E-state index in [1.165, 1.54) is 17.5 Å². The lowest BCUT2D eigenvalue weighted by molar-refractivity contribution is -0.138. The summed E-state index contributed by atoms with van der Waals surface area (Å²) < 4.78 is 12.9. The standard InChI is InChI=1S/C37H48N2O8/c1-24-11-12-25(7-3-6-10-34(43)39(2)21-31(41)35(44)36(45)32(42)22-40)19-26(24)23-46-37(16-17-37)30-20-38-18-15-28(30)29-8-4-5-9-33(29)47-27-13-14-27/h4-5,8-9,11-12,15,18-20,27,31-32,35-36,40-42,44-45H,3,6-7,10,13-14,16-17,21-23H2,1-2H3/t31-,32+,35+,36+/m1/s1. The van der Waals surface area contributed by atoms with E-state index < -0.39 is 31.0 Å². The molecule has 2 fully saturated rings. The summed E-state index contributed by atoms with van der Waals surface area (Å²) in [6, 6.07) is 16.7. The number of rotatable bonds is 18. The van der Waals surface area contributed by atoms with Crippen molar-refractivity contribution in [3.8, 4) is 16.9 Å². The molecule has 0 unspecified atom stereocenters. The van der Waals surface area contributed by atoms with Crippen molar-refractivity contribution in [1.29, 1.82) is 0 Å². The predicted octanol–water partition coefficient (Wildman–Crippen LogP) is 3.41. The van der Waals surface area contributed by atoms with Gasteiger partial charge >= 0.3 is 0 Å². The Kier molecular flexibility index (Phi) is 11.7. The van der Waals surface area contributed by atoms with Crippen LogP contribution in [0.4, 0.5) is 0 Å². The number of likely N-dealkylation sites (N-methyl/N-ethyl adjacent to an activating group) is 1. The van der Waals surface area contributed by atoms with Crippen molar-refractivity contribution in [1.82, 2.24) is 9.88 Å². The van der Waals surface area contributed by atoms with E-state index >= 15 is 0 Å². The first-order valence-corrected chi connectivity index (χ1v) is 16.6. The van der Waals surface area contributed by atoms with Crippen molar-refractivity contribution >= 4 is 5.91 Å². The van der Waals surface area contributed by atoms with Gasteiger partial charge in [-0.1, -0.05) is 36.4 Å². The normalized spacial score (nSPS) is 17.9. The highest BCUT2D eigenvalue weighted by Crippen LogP contribution is 2.53. The number of carbonyl (C=O) groups excluding carboxylic acids is 1. The Morgan fingerprint density at radius 1 is 1.00 bits per heavy atom. The van der Waals surface area contributed by atoms with Gasteiger partial charge in [0, 0.05) is 43.5 Å². The van der Waals surface area contributed by atoms with Gasteiger partial charge < -0.3 is 39.9 Å². The maximum atomic E-state index is 12.6. The first-order valence-electron chi connectivity index (χ1n) is 16.6. The molecule has 5 rings (SSSR count). The number of aliphatic hydroxyl groups excluding tert-OH is 5. The van der Waals surface area contributed by atoms with E-state index in [1.807, 2.05) is 30.6 Å². The van der Waals surface area contributed by atoms with Gasteiger partial charge in [-0.2, -0.15) is 0 Å². The molecule has 0 aliphatic heterocycles. The predicted molar refractivity (Wildman–Crippen MR) is 177 cm³/mol. The fourth-order valence-electron chi connectivity index (χ4n) is 5.86. The quantitative estimate of drug-likeness (QED) is 0.131. The Balaban J connectivity index is 1.13. The van der Waals surface area contributed by atoms with Crippen molar-refractivity contribution < 1.29 is 39.8 Å². The minimum absolute atomic E-state index is 0.197. The van der Waals surface area contributed by atoms with E-state index in [0.29, 0.717) is 19.1 Å². The summed E-state index contributed by atoms with van der Waals surface area (Å²) in [6.07, 6.45) is 4.16. The minimum Gasteiger partial charge on any atom is -0.490 e. The number of benzene rings is 2. The van der Waals surface area contributed by atoms with Crippen LogP contribution in [-0.4, -0.2) is 92.0 Å². The largest absolute Gasteiger partial charge is 0.490 e.